The van der Waals surface area contributed by atoms with Gasteiger partial charge in [0.25, 0.3) is 0 Å². The van der Waals surface area contributed by atoms with Gasteiger partial charge in [-0.25, -0.2) is 4.98 Å². The zero-order chi connectivity index (χ0) is 15.4. The Morgan fingerprint density at radius 3 is 2.91 bits per heavy atom. The summed E-state index contributed by atoms with van der Waals surface area (Å²) < 4.78 is 0. The third kappa shape index (κ3) is 3.21. The van der Waals surface area contributed by atoms with E-state index >= 15 is 0 Å². The van der Waals surface area contributed by atoms with Crippen molar-refractivity contribution < 1.29 is 5.11 Å². The summed E-state index contributed by atoms with van der Waals surface area (Å²) in [5.74, 6) is 0.854. The Kier molecular flexibility index (Phi) is 4.26. The molecule has 0 aliphatic carbocycles. The van der Waals surface area contributed by atoms with Crippen molar-refractivity contribution in [3.63, 3.8) is 0 Å². The highest BCUT2D eigenvalue weighted by Crippen LogP contribution is 2.26. The van der Waals surface area contributed by atoms with Crippen LogP contribution in [-0.2, 0) is 6.54 Å². The van der Waals surface area contributed by atoms with Crippen molar-refractivity contribution in [1.29, 1.82) is 5.26 Å². The number of hydrogen-bond donors (Lipinski definition) is 3. The van der Waals surface area contributed by atoms with E-state index in [1.807, 2.05) is 18.2 Å². The molecule has 1 aromatic carbocycles. The van der Waals surface area contributed by atoms with E-state index in [1.165, 1.54) is 0 Å². The molecule has 1 saturated heterocycles. The summed E-state index contributed by atoms with van der Waals surface area (Å²) >= 11 is 0. The number of piperidine rings is 1. The third-order valence-electron chi connectivity index (χ3n) is 3.94. The van der Waals surface area contributed by atoms with Gasteiger partial charge in [-0.3, -0.25) is 0 Å². The lowest BCUT2D eigenvalue weighted by molar-refractivity contribution is 0.145. The number of aliphatic hydroxyl groups excluding tert-OH is 1. The second-order valence-electron chi connectivity index (χ2n) is 5.45. The summed E-state index contributed by atoms with van der Waals surface area (Å²) in [5, 5.41) is 22.3. The molecule has 0 radical (unpaired) electrons. The van der Waals surface area contributed by atoms with E-state index in [0.29, 0.717) is 12.1 Å². The number of hydrogen-bond acceptors (Lipinski definition) is 5. The molecule has 0 amide bonds. The van der Waals surface area contributed by atoms with Gasteiger partial charge in [-0.1, -0.05) is 0 Å². The van der Waals surface area contributed by atoms with E-state index in [1.54, 1.807) is 12.4 Å². The molecule has 0 bridgehead atoms. The molecule has 22 heavy (non-hydrogen) atoms. The average Bonchev–Trinajstić information content (AvgIpc) is 3.07. The molecule has 0 saturated carbocycles. The highest BCUT2D eigenvalue weighted by Gasteiger charge is 2.19. The molecule has 114 valence electrons. The number of imidazole rings is 1. The molecule has 0 unspecified atom stereocenters. The maximum Gasteiger partial charge on any atom is 0.125 e. The zero-order valence-corrected chi connectivity index (χ0v) is 12.3. The lowest BCUT2D eigenvalue weighted by Gasteiger charge is -2.32. The van der Waals surface area contributed by atoms with Gasteiger partial charge in [0.05, 0.1) is 23.9 Å². The van der Waals surface area contributed by atoms with Crippen molar-refractivity contribution in [2.45, 2.75) is 25.5 Å². The van der Waals surface area contributed by atoms with Crippen LogP contribution in [0.25, 0.3) is 0 Å². The lowest BCUT2D eigenvalue weighted by Crippen LogP contribution is -2.36. The largest absolute Gasteiger partial charge is 0.393 e. The van der Waals surface area contributed by atoms with Crippen LogP contribution < -0.4 is 10.2 Å². The van der Waals surface area contributed by atoms with E-state index in [0.717, 1.165) is 43.1 Å². The van der Waals surface area contributed by atoms with Crippen molar-refractivity contribution in [1.82, 2.24) is 9.97 Å². The molecule has 0 atom stereocenters. The second-order valence-corrected chi connectivity index (χ2v) is 5.45. The third-order valence-corrected chi connectivity index (χ3v) is 3.94. The number of anilines is 2. The number of nitrogens with one attached hydrogen (secondary N) is 2. The highest BCUT2D eigenvalue weighted by atomic mass is 16.3. The van der Waals surface area contributed by atoms with Crippen LogP contribution in [0.3, 0.4) is 0 Å². The molecule has 3 N–H and O–H groups in total. The standard InChI is InChI=1S/C16H19N5O/c17-10-12-9-13(20-11-16-18-5-6-19-16)1-2-15(12)21-7-3-14(22)4-8-21/h1-2,5-6,9,14,20,22H,3-4,7-8,11H2,(H,18,19). The molecule has 1 aromatic heterocycles. The number of rotatable bonds is 4. The summed E-state index contributed by atoms with van der Waals surface area (Å²) in [4.78, 5) is 9.36. The van der Waals surface area contributed by atoms with Crippen LogP contribution in [0.4, 0.5) is 11.4 Å². The van der Waals surface area contributed by atoms with Crippen molar-refractivity contribution in [2.75, 3.05) is 23.3 Å². The quantitative estimate of drug-likeness (QED) is 0.801. The van der Waals surface area contributed by atoms with Crippen LogP contribution in [0.2, 0.25) is 0 Å². The molecule has 6 nitrogen and oxygen atoms in total. The first-order valence-electron chi connectivity index (χ1n) is 7.45. The van der Waals surface area contributed by atoms with Crippen molar-refractivity contribution in [3.8, 4) is 6.07 Å². The fraction of sp³-hybridized carbons (Fsp3) is 0.375. The Labute approximate surface area is 129 Å². The molecule has 6 heteroatoms. The number of aromatic amines is 1. The maximum atomic E-state index is 9.59. The van der Waals surface area contributed by atoms with Gasteiger partial charge >= 0.3 is 0 Å². The molecule has 2 heterocycles. The highest BCUT2D eigenvalue weighted by molar-refractivity contribution is 5.65. The van der Waals surface area contributed by atoms with Gasteiger partial charge in [-0.15, -0.1) is 0 Å². The smallest absolute Gasteiger partial charge is 0.125 e. The van der Waals surface area contributed by atoms with Gasteiger partial charge in [0.15, 0.2) is 0 Å². The van der Waals surface area contributed by atoms with Crippen molar-refractivity contribution >= 4 is 11.4 Å². The minimum absolute atomic E-state index is 0.212. The number of aliphatic hydroxyl groups is 1. The fourth-order valence-corrected chi connectivity index (χ4v) is 2.70. The normalized spacial score (nSPS) is 15.5. The second kappa shape index (κ2) is 6.50. The van der Waals surface area contributed by atoms with E-state index in [-0.39, 0.29) is 6.10 Å². The predicted molar refractivity (Wildman–Crippen MR) is 84.5 cm³/mol. The molecule has 1 aliphatic heterocycles. The number of aromatic nitrogens is 2. The van der Waals surface area contributed by atoms with Gasteiger partial charge in [0.1, 0.15) is 11.9 Å². The number of benzene rings is 1. The zero-order valence-electron chi connectivity index (χ0n) is 12.3. The Morgan fingerprint density at radius 2 is 2.23 bits per heavy atom. The van der Waals surface area contributed by atoms with Crippen molar-refractivity contribution in [3.05, 3.63) is 42.0 Å². The van der Waals surface area contributed by atoms with Gasteiger partial charge in [-0.05, 0) is 31.0 Å². The van der Waals surface area contributed by atoms with E-state index in [2.05, 4.69) is 26.3 Å². The van der Waals surface area contributed by atoms with E-state index in [9.17, 15) is 10.4 Å². The Morgan fingerprint density at radius 1 is 1.41 bits per heavy atom. The lowest BCUT2D eigenvalue weighted by atomic mass is 10.0. The van der Waals surface area contributed by atoms with Gasteiger partial charge in [0.2, 0.25) is 0 Å². The van der Waals surface area contributed by atoms with E-state index in [4.69, 9.17) is 0 Å². The van der Waals surface area contributed by atoms with Gasteiger partial charge in [0, 0.05) is 31.2 Å². The first kappa shape index (κ1) is 14.4. The van der Waals surface area contributed by atoms with Crippen LogP contribution in [0, 0.1) is 11.3 Å². The summed E-state index contributed by atoms with van der Waals surface area (Å²) in [6, 6.07) is 8.08. The topological polar surface area (TPSA) is 88.0 Å². The molecular formula is C16H19N5O. The van der Waals surface area contributed by atoms with E-state index < -0.39 is 0 Å². The predicted octanol–water partition coefficient (Wildman–Crippen LogP) is 1.85. The first-order valence-corrected chi connectivity index (χ1v) is 7.45. The minimum atomic E-state index is -0.212. The summed E-state index contributed by atoms with van der Waals surface area (Å²) in [7, 11) is 0. The Balaban J connectivity index is 1.72. The summed E-state index contributed by atoms with van der Waals surface area (Å²) in [5.41, 5.74) is 2.49. The number of nitrogens with zero attached hydrogens (tertiary/aromatic N) is 3. The minimum Gasteiger partial charge on any atom is -0.393 e. The van der Waals surface area contributed by atoms with Crippen molar-refractivity contribution in [2.24, 2.45) is 0 Å². The van der Waals surface area contributed by atoms with Crippen LogP contribution in [0.1, 0.15) is 24.2 Å². The summed E-state index contributed by atoms with van der Waals surface area (Å²) in [6.07, 6.45) is 4.79. The molecular weight excluding hydrogens is 278 g/mol. The number of H-pyrrole nitrogens is 1. The van der Waals surface area contributed by atoms with Crippen LogP contribution in [0.15, 0.2) is 30.6 Å². The Hall–Kier alpha value is -2.52. The van der Waals surface area contributed by atoms with Gasteiger partial charge in [-0.2, -0.15) is 5.26 Å². The van der Waals surface area contributed by atoms with Crippen LogP contribution in [-0.4, -0.2) is 34.3 Å². The average molecular weight is 297 g/mol. The SMILES string of the molecule is N#Cc1cc(NCc2ncc[nH]2)ccc1N1CCC(O)CC1. The van der Waals surface area contributed by atoms with Crippen LogP contribution >= 0.6 is 0 Å². The molecule has 1 fully saturated rings. The van der Waals surface area contributed by atoms with Gasteiger partial charge < -0.3 is 20.3 Å². The van der Waals surface area contributed by atoms with Crippen LogP contribution in [0.5, 0.6) is 0 Å². The Bertz CT molecular complexity index is 654. The molecule has 2 aromatic rings. The molecule has 3 rings (SSSR count). The molecule has 0 spiro atoms. The first-order chi connectivity index (χ1) is 10.8. The fourth-order valence-electron chi connectivity index (χ4n) is 2.70. The summed E-state index contributed by atoms with van der Waals surface area (Å²) in [6.45, 7) is 2.16. The monoisotopic (exact) mass is 297 g/mol. The molecule has 1 aliphatic rings. The maximum absolute atomic E-state index is 9.59. The number of nitriles is 1.